The molecule has 0 spiro atoms. The van der Waals surface area contributed by atoms with Gasteiger partial charge < -0.3 is 15.1 Å². The molecule has 0 aromatic heterocycles. The number of benzene rings is 3. The molecule has 0 saturated carbocycles. The molecule has 1 saturated heterocycles. The first-order chi connectivity index (χ1) is 16.1. The Morgan fingerprint density at radius 2 is 1.52 bits per heavy atom. The fourth-order valence-corrected chi connectivity index (χ4v) is 3.78. The molecule has 0 unspecified atom stereocenters. The second-order valence-electron chi connectivity index (χ2n) is 7.95. The van der Waals surface area contributed by atoms with Gasteiger partial charge in [-0.2, -0.15) is 0 Å². The molecule has 1 aliphatic heterocycles. The molecule has 1 aliphatic rings. The van der Waals surface area contributed by atoms with Crippen LogP contribution in [0.25, 0.3) is 6.08 Å². The van der Waals surface area contributed by atoms with E-state index in [1.165, 1.54) is 18.2 Å². The van der Waals surface area contributed by atoms with Gasteiger partial charge in [-0.1, -0.05) is 42.5 Å². The summed E-state index contributed by atoms with van der Waals surface area (Å²) in [5.74, 6) is -0.420. The van der Waals surface area contributed by atoms with Crippen molar-refractivity contribution in [2.24, 2.45) is 0 Å². The number of carbonyl (C=O) groups excluding carboxylic acids is 2. The number of hydrogen-bond acceptors (Lipinski definition) is 3. The van der Waals surface area contributed by atoms with Crippen molar-refractivity contribution < 1.29 is 14.0 Å². The van der Waals surface area contributed by atoms with E-state index in [1.54, 1.807) is 18.2 Å². The fourth-order valence-electron chi connectivity index (χ4n) is 3.78. The topological polar surface area (TPSA) is 52.7 Å². The van der Waals surface area contributed by atoms with E-state index in [4.69, 9.17) is 0 Å². The summed E-state index contributed by atoms with van der Waals surface area (Å²) in [5, 5.41) is 2.87. The third kappa shape index (κ3) is 6.29. The first-order valence-electron chi connectivity index (χ1n) is 11.0. The molecular weight excluding hydrogens is 417 g/mol. The molecule has 1 heterocycles. The average molecular weight is 444 g/mol. The minimum Gasteiger partial charge on any atom is -0.368 e. The van der Waals surface area contributed by atoms with Gasteiger partial charge in [0.05, 0.1) is 6.42 Å². The number of halogens is 1. The molecule has 0 radical (unpaired) electrons. The smallest absolute Gasteiger partial charge is 0.248 e. The molecule has 1 N–H and O–H groups in total. The summed E-state index contributed by atoms with van der Waals surface area (Å²) in [7, 11) is 0. The van der Waals surface area contributed by atoms with Crippen LogP contribution in [0.4, 0.5) is 15.8 Å². The number of carbonyl (C=O) groups is 2. The van der Waals surface area contributed by atoms with Crippen LogP contribution in [0.3, 0.4) is 0 Å². The van der Waals surface area contributed by atoms with E-state index in [9.17, 15) is 14.0 Å². The minimum atomic E-state index is -0.297. The van der Waals surface area contributed by atoms with Gasteiger partial charge in [0.15, 0.2) is 0 Å². The third-order valence-corrected chi connectivity index (χ3v) is 5.63. The standard InChI is InChI=1S/C27H26FN3O2/c28-23-9-6-22(7-10-23)20-27(33)31-18-16-30(17-19-31)25-13-11-24(12-14-25)29-26(32)15-8-21-4-2-1-3-5-21/h1-15H,16-20H2,(H,29,32)/b15-8+. The number of amides is 2. The Morgan fingerprint density at radius 1 is 0.848 bits per heavy atom. The molecule has 1 fully saturated rings. The molecule has 0 aliphatic carbocycles. The van der Waals surface area contributed by atoms with Gasteiger partial charge in [0, 0.05) is 43.6 Å². The van der Waals surface area contributed by atoms with E-state index in [1.807, 2.05) is 59.5 Å². The number of piperazine rings is 1. The van der Waals surface area contributed by atoms with Crippen LogP contribution in [0, 0.1) is 5.82 Å². The van der Waals surface area contributed by atoms with Crippen LogP contribution in [-0.2, 0) is 16.0 Å². The second kappa shape index (κ2) is 10.6. The Morgan fingerprint density at radius 3 is 2.18 bits per heavy atom. The van der Waals surface area contributed by atoms with Gasteiger partial charge in [-0.05, 0) is 53.6 Å². The Kier molecular flexibility index (Phi) is 7.15. The summed E-state index contributed by atoms with van der Waals surface area (Å²) in [6.45, 7) is 2.76. The van der Waals surface area contributed by atoms with E-state index in [-0.39, 0.29) is 24.1 Å². The number of anilines is 2. The Balaban J connectivity index is 1.26. The van der Waals surface area contributed by atoms with E-state index < -0.39 is 0 Å². The molecule has 0 atom stereocenters. The molecule has 168 valence electrons. The van der Waals surface area contributed by atoms with E-state index in [2.05, 4.69) is 10.2 Å². The predicted octanol–water partition coefficient (Wildman–Crippen LogP) is 4.37. The van der Waals surface area contributed by atoms with Crippen molar-refractivity contribution in [2.45, 2.75) is 6.42 Å². The maximum Gasteiger partial charge on any atom is 0.248 e. The quantitative estimate of drug-likeness (QED) is 0.576. The summed E-state index contributed by atoms with van der Waals surface area (Å²) in [6.07, 6.45) is 3.58. The molecule has 2 amide bonds. The molecule has 5 nitrogen and oxygen atoms in total. The summed E-state index contributed by atoms with van der Waals surface area (Å²) < 4.78 is 13.0. The average Bonchev–Trinajstić information content (AvgIpc) is 2.85. The Hall–Kier alpha value is -3.93. The zero-order valence-corrected chi connectivity index (χ0v) is 18.3. The lowest BCUT2D eigenvalue weighted by Gasteiger charge is -2.36. The highest BCUT2D eigenvalue weighted by Crippen LogP contribution is 2.20. The zero-order valence-electron chi connectivity index (χ0n) is 18.3. The second-order valence-corrected chi connectivity index (χ2v) is 7.95. The molecule has 4 rings (SSSR count). The lowest BCUT2D eigenvalue weighted by Crippen LogP contribution is -2.49. The maximum atomic E-state index is 13.0. The normalized spacial score (nSPS) is 13.8. The van der Waals surface area contributed by atoms with Crippen molar-refractivity contribution in [2.75, 3.05) is 36.4 Å². The van der Waals surface area contributed by atoms with Gasteiger partial charge in [-0.25, -0.2) is 4.39 Å². The summed E-state index contributed by atoms with van der Waals surface area (Å²) >= 11 is 0. The van der Waals surface area contributed by atoms with Crippen molar-refractivity contribution >= 4 is 29.3 Å². The first-order valence-corrected chi connectivity index (χ1v) is 11.0. The highest BCUT2D eigenvalue weighted by atomic mass is 19.1. The van der Waals surface area contributed by atoms with Crippen molar-refractivity contribution in [1.29, 1.82) is 0 Å². The monoisotopic (exact) mass is 443 g/mol. The van der Waals surface area contributed by atoms with E-state index >= 15 is 0 Å². The maximum absolute atomic E-state index is 13.0. The highest BCUT2D eigenvalue weighted by Gasteiger charge is 2.21. The summed E-state index contributed by atoms with van der Waals surface area (Å²) in [4.78, 5) is 28.8. The van der Waals surface area contributed by atoms with Crippen LogP contribution in [-0.4, -0.2) is 42.9 Å². The van der Waals surface area contributed by atoms with Crippen molar-refractivity contribution in [3.63, 3.8) is 0 Å². The van der Waals surface area contributed by atoms with Gasteiger partial charge in [-0.3, -0.25) is 9.59 Å². The SMILES string of the molecule is O=C(/C=C/c1ccccc1)Nc1ccc(N2CCN(C(=O)Cc3ccc(F)cc3)CC2)cc1. The van der Waals surface area contributed by atoms with Crippen LogP contribution < -0.4 is 10.2 Å². The van der Waals surface area contributed by atoms with Crippen LogP contribution in [0.1, 0.15) is 11.1 Å². The minimum absolute atomic E-state index is 0.0582. The van der Waals surface area contributed by atoms with Crippen LogP contribution in [0.15, 0.2) is 84.9 Å². The van der Waals surface area contributed by atoms with Crippen LogP contribution in [0.5, 0.6) is 0 Å². The Bertz CT molecular complexity index is 1100. The number of nitrogens with zero attached hydrogens (tertiary/aromatic N) is 2. The summed E-state index contributed by atoms with van der Waals surface area (Å²) in [6, 6.07) is 23.5. The number of nitrogens with one attached hydrogen (secondary N) is 1. The molecule has 33 heavy (non-hydrogen) atoms. The largest absolute Gasteiger partial charge is 0.368 e. The predicted molar refractivity (Wildman–Crippen MR) is 129 cm³/mol. The molecular formula is C27H26FN3O2. The fraction of sp³-hybridized carbons (Fsp3) is 0.185. The van der Waals surface area contributed by atoms with Gasteiger partial charge in [0.2, 0.25) is 11.8 Å². The number of hydrogen-bond donors (Lipinski definition) is 1. The van der Waals surface area contributed by atoms with E-state index in [0.29, 0.717) is 13.1 Å². The highest BCUT2D eigenvalue weighted by molar-refractivity contribution is 6.02. The van der Waals surface area contributed by atoms with Crippen molar-refractivity contribution in [3.8, 4) is 0 Å². The van der Waals surface area contributed by atoms with Crippen molar-refractivity contribution in [3.05, 3.63) is 102 Å². The van der Waals surface area contributed by atoms with Crippen molar-refractivity contribution in [1.82, 2.24) is 4.90 Å². The third-order valence-electron chi connectivity index (χ3n) is 5.63. The van der Waals surface area contributed by atoms with Crippen LogP contribution in [0.2, 0.25) is 0 Å². The molecule has 3 aromatic carbocycles. The summed E-state index contributed by atoms with van der Waals surface area (Å²) in [5.41, 5.74) is 3.58. The van der Waals surface area contributed by atoms with Gasteiger partial charge >= 0.3 is 0 Å². The molecule has 6 heteroatoms. The van der Waals surface area contributed by atoms with Gasteiger partial charge in [-0.15, -0.1) is 0 Å². The first kappa shape index (κ1) is 22.3. The van der Waals surface area contributed by atoms with Crippen LogP contribution >= 0.6 is 0 Å². The zero-order chi connectivity index (χ0) is 23.0. The van der Waals surface area contributed by atoms with Gasteiger partial charge in [0.1, 0.15) is 5.82 Å². The molecule has 3 aromatic rings. The lowest BCUT2D eigenvalue weighted by molar-refractivity contribution is -0.130. The lowest BCUT2D eigenvalue weighted by atomic mass is 10.1. The Labute approximate surface area is 193 Å². The van der Waals surface area contributed by atoms with E-state index in [0.717, 1.165) is 35.6 Å². The molecule has 0 bridgehead atoms. The number of rotatable bonds is 6. The van der Waals surface area contributed by atoms with Gasteiger partial charge in [0.25, 0.3) is 0 Å².